The summed E-state index contributed by atoms with van der Waals surface area (Å²) in [6, 6.07) is 9.99. The van der Waals surface area contributed by atoms with Gasteiger partial charge in [0.15, 0.2) is 0 Å². The monoisotopic (exact) mass is 254 g/mol. The maximum atomic E-state index is 10.8. The Kier molecular flexibility index (Phi) is 4.29. The van der Waals surface area contributed by atoms with E-state index in [1.165, 1.54) is 5.56 Å². The molecule has 0 amide bonds. The maximum absolute atomic E-state index is 10.8. The average molecular weight is 254 g/mol. The minimum absolute atomic E-state index is 0.753. The van der Waals surface area contributed by atoms with Crippen molar-refractivity contribution in [1.29, 1.82) is 0 Å². The minimum Gasteiger partial charge on any atom is -0.367 e. The number of aryl methyl sites for hydroxylation is 1. The number of rotatable bonds is 5. The van der Waals surface area contributed by atoms with Gasteiger partial charge in [-0.05, 0) is 55.3 Å². The number of anilines is 1. The summed E-state index contributed by atoms with van der Waals surface area (Å²) in [7, 11) is 0. The summed E-state index contributed by atoms with van der Waals surface area (Å²) >= 11 is 0. The molecule has 0 unspecified atom stereocenters. The molecule has 1 heterocycles. The average Bonchev–Trinajstić information content (AvgIpc) is 2.46. The van der Waals surface area contributed by atoms with E-state index in [0.717, 1.165) is 36.2 Å². The van der Waals surface area contributed by atoms with Crippen molar-refractivity contribution in [1.82, 2.24) is 4.98 Å². The van der Waals surface area contributed by atoms with Gasteiger partial charge in [0.25, 0.3) is 0 Å². The van der Waals surface area contributed by atoms with Gasteiger partial charge >= 0.3 is 0 Å². The Bertz CT molecular complexity index is 552. The summed E-state index contributed by atoms with van der Waals surface area (Å²) in [4.78, 5) is 17.2. The lowest BCUT2D eigenvalue weighted by molar-refractivity contribution is 0.112. The van der Waals surface area contributed by atoms with Crippen molar-refractivity contribution in [3.8, 4) is 0 Å². The Labute approximate surface area is 113 Å². The second kappa shape index (κ2) is 6.14. The van der Waals surface area contributed by atoms with Gasteiger partial charge in [-0.2, -0.15) is 0 Å². The van der Waals surface area contributed by atoms with Gasteiger partial charge in [-0.25, -0.2) is 0 Å². The summed E-state index contributed by atoms with van der Waals surface area (Å²) in [6.45, 7) is 5.86. The molecule has 98 valence electrons. The van der Waals surface area contributed by atoms with E-state index in [0.29, 0.717) is 0 Å². The van der Waals surface area contributed by atoms with Gasteiger partial charge in [0.05, 0.1) is 0 Å². The van der Waals surface area contributed by atoms with Crippen LogP contribution in [0.1, 0.15) is 28.4 Å². The van der Waals surface area contributed by atoms with Crippen molar-refractivity contribution < 1.29 is 4.79 Å². The number of hydrogen-bond acceptors (Lipinski definition) is 3. The zero-order valence-electron chi connectivity index (χ0n) is 11.3. The number of carbonyl (C=O) groups excluding carboxylic acids is 1. The van der Waals surface area contributed by atoms with E-state index in [4.69, 9.17) is 0 Å². The van der Waals surface area contributed by atoms with Gasteiger partial charge in [0.2, 0.25) is 0 Å². The molecule has 0 bridgehead atoms. The van der Waals surface area contributed by atoms with Crippen LogP contribution in [-0.2, 0) is 6.54 Å². The van der Waals surface area contributed by atoms with Crippen molar-refractivity contribution in [2.24, 2.45) is 0 Å². The van der Waals surface area contributed by atoms with E-state index in [-0.39, 0.29) is 0 Å². The van der Waals surface area contributed by atoms with E-state index < -0.39 is 0 Å². The number of benzene rings is 1. The Morgan fingerprint density at radius 1 is 1.21 bits per heavy atom. The number of aldehydes is 1. The molecule has 2 rings (SSSR count). The molecule has 1 aromatic carbocycles. The first kappa shape index (κ1) is 13.3. The molecule has 0 N–H and O–H groups in total. The number of pyridine rings is 1. The second-order valence-corrected chi connectivity index (χ2v) is 4.53. The fraction of sp³-hybridized carbons (Fsp3) is 0.250. The summed E-state index contributed by atoms with van der Waals surface area (Å²) in [6.07, 6.45) is 4.52. The van der Waals surface area contributed by atoms with Crippen LogP contribution in [0.15, 0.2) is 42.7 Å². The lowest BCUT2D eigenvalue weighted by Crippen LogP contribution is -2.22. The lowest BCUT2D eigenvalue weighted by Gasteiger charge is -2.24. The molecule has 0 aliphatic carbocycles. The maximum Gasteiger partial charge on any atom is 0.150 e. The molecule has 0 fully saturated rings. The van der Waals surface area contributed by atoms with E-state index in [1.807, 2.05) is 43.6 Å². The highest BCUT2D eigenvalue weighted by atomic mass is 16.1. The predicted molar refractivity (Wildman–Crippen MR) is 77.5 cm³/mol. The predicted octanol–water partition coefficient (Wildman–Crippen LogP) is 3.23. The normalized spacial score (nSPS) is 10.2. The quantitative estimate of drug-likeness (QED) is 0.768. The summed E-state index contributed by atoms with van der Waals surface area (Å²) in [5.41, 5.74) is 4.14. The number of aromatic nitrogens is 1. The molecule has 0 aliphatic heterocycles. The third-order valence-corrected chi connectivity index (χ3v) is 3.25. The van der Waals surface area contributed by atoms with Crippen LogP contribution >= 0.6 is 0 Å². The molecule has 3 heteroatoms. The van der Waals surface area contributed by atoms with Gasteiger partial charge in [-0.3, -0.25) is 9.78 Å². The third kappa shape index (κ3) is 3.19. The van der Waals surface area contributed by atoms with Crippen molar-refractivity contribution in [3.63, 3.8) is 0 Å². The number of nitrogens with zero attached hydrogens (tertiary/aromatic N) is 2. The third-order valence-electron chi connectivity index (χ3n) is 3.25. The van der Waals surface area contributed by atoms with E-state index >= 15 is 0 Å². The summed E-state index contributed by atoms with van der Waals surface area (Å²) in [5, 5.41) is 0. The topological polar surface area (TPSA) is 33.2 Å². The van der Waals surface area contributed by atoms with E-state index in [9.17, 15) is 4.79 Å². The van der Waals surface area contributed by atoms with Crippen LogP contribution in [0.5, 0.6) is 0 Å². The molecular weight excluding hydrogens is 236 g/mol. The molecule has 0 spiro atoms. The van der Waals surface area contributed by atoms with Crippen LogP contribution in [0.2, 0.25) is 0 Å². The summed E-state index contributed by atoms with van der Waals surface area (Å²) in [5.74, 6) is 0. The molecule has 0 saturated heterocycles. The first-order chi connectivity index (χ1) is 9.24. The van der Waals surface area contributed by atoms with Gasteiger partial charge in [-0.1, -0.05) is 0 Å². The zero-order valence-corrected chi connectivity index (χ0v) is 11.3. The fourth-order valence-corrected chi connectivity index (χ4v) is 2.08. The highest BCUT2D eigenvalue weighted by molar-refractivity contribution is 5.78. The SMILES string of the molecule is CCN(Cc1ccncc1)c1ccc(C=O)c(C)c1. The standard InChI is InChI=1S/C16H18N2O/c1-3-18(11-14-6-8-17-9-7-14)16-5-4-15(12-19)13(2)10-16/h4-10,12H,3,11H2,1-2H3. The number of hydrogen-bond donors (Lipinski definition) is 0. The molecule has 2 aromatic rings. The van der Waals surface area contributed by atoms with Crippen molar-refractivity contribution in [3.05, 3.63) is 59.4 Å². The van der Waals surface area contributed by atoms with E-state index in [2.05, 4.69) is 22.9 Å². The lowest BCUT2D eigenvalue weighted by atomic mass is 10.1. The van der Waals surface area contributed by atoms with Gasteiger partial charge < -0.3 is 4.90 Å². The van der Waals surface area contributed by atoms with Gasteiger partial charge in [0.1, 0.15) is 6.29 Å². The van der Waals surface area contributed by atoms with Crippen molar-refractivity contribution in [2.75, 3.05) is 11.4 Å². The molecule has 0 aliphatic rings. The smallest absolute Gasteiger partial charge is 0.150 e. The summed E-state index contributed by atoms with van der Waals surface area (Å²) < 4.78 is 0. The molecule has 3 nitrogen and oxygen atoms in total. The second-order valence-electron chi connectivity index (χ2n) is 4.53. The van der Waals surface area contributed by atoms with Crippen LogP contribution in [0.25, 0.3) is 0 Å². The number of carbonyl (C=O) groups is 1. The Morgan fingerprint density at radius 3 is 2.53 bits per heavy atom. The van der Waals surface area contributed by atoms with Crippen LogP contribution in [0, 0.1) is 6.92 Å². The van der Waals surface area contributed by atoms with Crippen LogP contribution in [-0.4, -0.2) is 17.8 Å². The molecular formula is C16H18N2O. The van der Waals surface area contributed by atoms with Crippen LogP contribution in [0.3, 0.4) is 0 Å². The van der Waals surface area contributed by atoms with Crippen molar-refractivity contribution in [2.45, 2.75) is 20.4 Å². The van der Waals surface area contributed by atoms with Crippen molar-refractivity contribution >= 4 is 12.0 Å². The molecule has 1 aromatic heterocycles. The Morgan fingerprint density at radius 2 is 1.95 bits per heavy atom. The van der Waals surface area contributed by atoms with E-state index in [1.54, 1.807) is 0 Å². The van der Waals surface area contributed by atoms with Crippen LogP contribution in [0.4, 0.5) is 5.69 Å². The highest BCUT2D eigenvalue weighted by Gasteiger charge is 2.07. The molecule has 0 atom stereocenters. The fourth-order valence-electron chi connectivity index (χ4n) is 2.08. The first-order valence-corrected chi connectivity index (χ1v) is 6.44. The Balaban J connectivity index is 2.22. The molecule has 19 heavy (non-hydrogen) atoms. The zero-order chi connectivity index (χ0) is 13.7. The molecule has 0 saturated carbocycles. The minimum atomic E-state index is 0.753. The Hall–Kier alpha value is -2.16. The largest absolute Gasteiger partial charge is 0.367 e. The van der Waals surface area contributed by atoms with Crippen LogP contribution < -0.4 is 4.90 Å². The highest BCUT2D eigenvalue weighted by Crippen LogP contribution is 2.20. The molecule has 0 radical (unpaired) electrons. The van der Waals surface area contributed by atoms with Gasteiger partial charge in [0, 0.05) is 36.7 Å². The first-order valence-electron chi connectivity index (χ1n) is 6.44. The van der Waals surface area contributed by atoms with Gasteiger partial charge in [-0.15, -0.1) is 0 Å².